The molecule has 0 heterocycles. The van der Waals surface area contributed by atoms with Crippen LogP contribution in [0.15, 0.2) is 24.3 Å². The van der Waals surface area contributed by atoms with Crippen molar-refractivity contribution in [2.75, 3.05) is 0 Å². The molecule has 1 heteroatoms. The first-order valence-electron chi connectivity index (χ1n) is 6.56. The number of carbonyl (C=O) groups is 1. The summed E-state index contributed by atoms with van der Waals surface area (Å²) < 4.78 is 0. The van der Waals surface area contributed by atoms with Crippen LogP contribution in [0.5, 0.6) is 0 Å². The summed E-state index contributed by atoms with van der Waals surface area (Å²) in [6, 6.07) is 0. The number of ketones is 1. The molecule has 0 saturated carbocycles. The molecule has 0 aliphatic rings. The Hall–Kier alpha value is -0.850. The average molecular weight is 222 g/mol. The molecule has 0 rings (SSSR count). The highest BCUT2D eigenvalue weighted by Gasteiger charge is 1.96. The summed E-state index contributed by atoms with van der Waals surface area (Å²) in [4.78, 5) is 10.9. The van der Waals surface area contributed by atoms with E-state index in [9.17, 15) is 4.79 Å². The molecule has 0 aromatic rings. The lowest BCUT2D eigenvalue weighted by atomic mass is 10.0. The Morgan fingerprint density at radius 1 is 1.19 bits per heavy atom. The van der Waals surface area contributed by atoms with Crippen LogP contribution in [0, 0.1) is 5.92 Å². The van der Waals surface area contributed by atoms with Gasteiger partial charge in [-0.05, 0) is 24.8 Å². The van der Waals surface area contributed by atoms with Gasteiger partial charge in [-0.1, -0.05) is 58.3 Å². The summed E-state index contributed by atoms with van der Waals surface area (Å²) in [5.74, 6) is 1.06. The Labute approximate surface area is 101 Å². The Balaban J connectivity index is 3.41. The van der Waals surface area contributed by atoms with E-state index in [-0.39, 0.29) is 5.78 Å². The summed E-state index contributed by atoms with van der Waals surface area (Å²) in [5.41, 5.74) is 0. The molecule has 0 fully saturated rings. The van der Waals surface area contributed by atoms with Crippen molar-refractivity contribution in [2.24, 2.45) is 5.92 Å². The number of hydrogen-bond donors (Lipinski definition) is 0. The van der Waals surface area contributed by atoms with Crippen molar-refractivity contribution in [3.05, 3.63) is 24.3 Å². The second kappa shape index (κ2) is 10.7. The summed E-state index contributed by atoms with van der Waals surface area (Å²) in [5, 5.41) is 0. The molecule has 0 N–H and O–H groups in total. The van der Waals surface area contributed by atoms with E-state index in [0.29, 0.717) is 6.42 Å². The van der Waals surface area contributed by atoms with Crippen molar-refractivity contribution < 1.29 is 4.79 Å². The molecule has 0 radical (unpaired) electrons. The van der Waals surface area contributed by atoms with Gasteiger partial charge in [0, 0.05) is 6.42 Å². The van der Waals surface area contributed by atoms with Gasteiger partial charge < -0.3 is 0 Å². The SMILES string of the molecule is CCC(=O)/C=C\C=C\CCCCC(C)CC. The standard InChI is InChI=1S/C15H26O/c1-4-14(3)12-10-8-6-7-9-11-13-15(16)5-2/h7,9,11,13-14H,4-6,8,10,12H2,1-3H3/b9-7+,13-11-. The van der Waals surface area contributed by atoms with E-state index in [1.807, 2.05) is 19.1 Å². The normalized spacial score (nSPS) is 13.7. The minimum Gasteiger partial charge on any atom is -0.295 e. The van der Waals surface area contributed by atoms with E-state index in [4.69, 9.17) is 0 Å². The first-order chi connectivity index (χ1) is 7.70. The first kappa shape index (κ1) is 15.2. The van der Waals surface area contributed by atoms with Crippen LogP contribution >= 0.6 is 0 Å². The number of rotatable bonds is 9. The molecule has 0 spiro atoms. The van der Waals surface area contributed by atoms with Crippen LogP contribution in [0.2, 0.25) is 0 Å². The van der Waals surface area contributed by atoms with E-state index in [0.717, 1.165) is 12.3 Å². The Bertz CT molecular complexity index is 226. The average Bonchev–Trinajstić information content (AvgIpc) is 2.31. The predicted octanol–water partition coefficient (Wildman–Crippen LogP) is 4.68. The molecule has 0 aromatic heterocycles. The molecule has 0 aliphatic carbocycles. The van der Waals surface area contributed by atoms with Crippen LogP contribution in [0.4, 0.5) is 0 Å². The highest BCUT2D eigenvalue weighted by molar-refractivity contribution is 5.89. The van der Waals surface area contributed by atoms with Crippen LogP contribution in [0.1, 0.15) is 59.3 Å². The van der Waals surface area contributed by atoms with Crippen LogP contribution in [0.3, 0.4) is 0 Å². The maximum Gasteiger partial charge on any atom is 0.155 e. The van der Waals surface area contributed by atoms with Crippen molar-refractivity contribution in [1.82, 2.24) is 0 Å². The molecular weight excluding hydrogens is 196 g/mol. The first-order valence-corrected chi connectivity index (χ1v) is 6.56. The zero-order valence-corrected chi connectivity index (χ0v) is 11.0. The van der Waals surface area contributed by atoms with Gasteiger partial charge in [0.2, 0.25) is 0 Å². The summed E-state index contributed by atoms with van der Waals surface area (Å²) in [7, 11) is 0. The molecule has 0 aromatic carbocycles. The fraction of sp³-hybridized carbons (Fsp3) is 0.667. The topological polar surface area (TPSA) is 17.1 Å². The highest BCUT2D eigenvalue weighted by Crippen LogP contribution is 2.12. The Morgan fingerprint density at radius 3 is 2.56 bits per heavy atom. The van der Waals surface area contributed by atoms with Gasteiger partial charge >= 0.3 is 0 Å². The Morgan fingerprint density at radius 2 is 1.94 bits per heavy atom. The molecular formula is C15H26O. The summed E-state index contributed by atoms with van der Waals surface area (Å²) in [6.45, 7) is 6.44. The van der Waals surface area contributed by atoms with Gasteiger partial charge in [-0.2, -0.15) is 0 Å². The second-order valence-corrected chi connectivity index (χ2v) is 4.41. The zero-order chi connectivity index (χ0) is 12.2. The van der Waals surface area contributed by atoms with Crippen molar-refractivity contribution in [3.8, 4) is 0 Å². The number of carbonyl (C=O) groups excluding carboxylic acids is 1. The minimum atomic E-state index is 0.196. The molecule has 16 heavy (non-hydrogen) atoms. The third kappa shape index (κ3) is 9.70. The number of unbranched alkanes of at least 4 members (excludes halogenated alkanes) is 2. The monoisotopic (exact) mass is 222 g/mol. The van der Waals surface area contributed by atoms with Gasteiger partial charge in [-0.3, -0.25) is 4.79 Å². The van der Waals surface area contributed by atoms with Crippen LogP contribution < -0.4 is 0 Å². The molecule has 0 aliphatic heterocycles. The lowest BCUT2D eigenvalue weighted by Crippen LogP contribution is -1.90. The fourth-order valence-electron chi connectivity index (χ4n) is 1.41. The minimum absolute atomic E-state index is 0.196. The lowest BCUT2D eigenvalue weighted by molar-refractivity contribution is -0.114. The third-order valence-corrected chi connectivity index (χ3v) is 2.89. The van der Waals surface area contributed by atoms with Crippen molar-refractivity contribution in [3.63, 3.8) is 0 Å². The van der Waals surface area contributed by atoms with E-state index >= 15 is 0 Å². The van der Waals surface area contributed by atoms with E-state index in [2.05, 4.69) is 19.9 Å². The Kier molecular flexibility index (Phi) is 10.1. The maximum absolute atomic E-state index is 10.9. The molecule has 0 amide bonds. The van der Waals surface area contributed by atoms with Crippen molar-refractivity contribution in [1.29, 1.82) is 0 Å². The smallest absolute Gasteiger partial charge is 0.155 e. The van der Waals surface area contributed by atoms with Crippen LogP contribution in [-0.4, -0.2) is 5.78 Å². The van der Waals surface area contributed by atoms with Gasteiger partial charge in [-0.25, -0.2) is 0 Å². The van der Waals surface area contributed by atoms with Crippen molar-refractivity contribution in [2.45, 2.75) is 59.3 Å². The van der Waals surface area contributed by atoms with Gasteiger partial charge in [0.1, 0.15) is 0 Å². The molecule has 0 saturated heterocycles. The second-order valence-electron chi connectivity index (χ2n) is 4.41. The molecule has 1 atom stereocenters. The predicted molar refractivity (Wildman–Crippen MR) is 71.5 cm³/mol. The fourth-order valence-corrected chi connectivity index (χ4v) is 1.41. The van der Waals surface area contributed by atoms with Crippen molar-refractivity contribution >= 4 is 5.78 Å². The highest BCUT2D eigenvalue weighted by atomic mass is 16.1. The molecule has 1 nitrogen and oxygen atoms in total. The van der Waals surface area contributed by atoms with Gasteiger partial charge in [-0.15, -0.1) is 0 Å². The molecule has 0 bridgehead atoms. The third-order valence-electron chi connectivity index (χ3n) is 2.89. The van der Waals surface area contributed by atoms with E-state index in [1.54, 1.807) is 6.08 Å². The van der Waals surface area contributed by atoms with Crippen LogP contribution in [0.25, 0.3) is 0 Å². The largest absolute Gasteiger partial charge is 0.295 e. The molecule has 92 valence electrons. The summed E-state index contributed by atoms with van der Waals surface area (Å²) >= 11 is 0. The maximum atomic E-state index is 10.9. The van der Waals surface area contributed by atoms with Crippen LogP contribution in [-0.2, 0) is 4.79 Å². The number of hydrogen-bond acceptors (Lipinski definition) is 1. The van der Waals surface area contributed by atoms with E-state index in [1.165, 1.54) is 25.7 Å². The number of allylic oxidation sites excluding steroid dienone is 4. The lowest BCUT2D eigenvalue weighted by Gasteiger charge is -2.05. The quantitative estimate of drug-likeness (QED) is 0.314. The van der Waals surface area contributed by atoms with Gasteiger partial charge in [0.05, 0.1) is 0 Å². The zero-order valence-electron chi connectivity index (χ0n) is 11.0. The molecule has 1 unspecified atom stereocenters. The van der Waals surface area contributed by atoms with E-state index < -0.39 is 0 Å². The summed E-state index contributed by atoms with van der Waals surface area (Å²) in [6.07, 6.45) is 14.6. The van der Waals surface area contributed by atoms with Gasteiger partial charge in [0.25, 0.3) is 0 Å². The van der Waals surface area contributed by atoms with Gasteiger partial charge in [0.15, 0.2) is 5.78 Å².